The van der Waals surface area contributed by atoms with E-state index >= 15 is 0 Å². The van der Waals surface area contributed by atoms with E-state index in [0.29, 0.717) is 31.2 Å². The molecule has 142 valence electrons. The predicted molar refractivity (Wildman–Crippen MR) is 99.1 cm³/mol. The molecule has 0 N–H and O–H groups in total. The van der Waals surface area contributed by atoms with Gasteiger partial charge in [-0.25, -0.2) is 0 Å². The Morgan fingerprint density at radius 1 is 1.19 bits per heavy atom. The number of carbonyl (C=O) groups excluding carboxylic acids is 2. The molecule has 2 amide bonds. The number of nitrogens with zero attached hydrogens (tertiary/aromatic N) is 1. The fourth-order valence-corrected chi connectivity index (χ4v) is 4.29. The molecule has 2 aliphatic heterocycles. The molecule has 2 saturated heterocycles. The molecule has 0 radical (unpaired) electrons. The molecule has 26 heavy (non-hydrogen) atoms. The summed E-state index contributed by atoms with van der Waals surface area (Å²) in [7, 11) is 1.66. The van der Waals surface area contributed by atoms with Crippen molar-refractivity contribution >= 4 is 11.8 Å². The Morgan fingerprint density at radius 3 is 2.42 bits per heavy atom. The Kier molecular flexibility index (Phi) is 5.66. The smallest absolute Gasteiger partial charge is 0.229 e. The molecule has 1 aromatic carbocycles. The third-order valence-corrected chi connectivity index (χ3v) is 5.67. The summed E-state index contributed by atoms with van der Waals surface area (Å²) in [6.07, 6.45) is 3.49. The number of rotatable bonds is 6. The minimum Gasteiger partial charge on any atom is -0.497 e. The van der Waals surface area contributed by atoms with Crippen molar-refractivity contribution in [3.8, 4) is 5.75 Å². The van der Waals surface area contributed by atoms with E-state index in [1.54, 1.807) is 7.11 Å². The van der Waals surface area contributed by atoms with Crippen molar-refractivity contribution < 1.29 is 19.1 Å². The number of carbonyl (C=O) groups is 2. The van der Waals surface area contributed by atoms with Crippen molar-refractivity contribution in [3.05, 3.63) is 29.8 Å². The van der Waals surface area contributed by atoms with Crippen molar-refractivity contribution in [2.24, 2.45) is 5.92 Å². The second-order valence-corrected chi connectivity index (χ2v) is 7.97. The van der Waals surface area contributed by atoms with Crippen LogP contribution in [-0.4, -0.2) is 42.6 Å². The topological polar surface area (TPSA) is 55.8 Å². The van der Waals surface area contributed by atoms with Crippen LogP contribution >= 0.6 is 0 Å². The van der Waals surface area contributed by atoms with Crippen LogP contribution in [0, 0.1) is 5.92 Å². The average Bonchev–Trinajstić information content (AvgIpc) is 2.93. The zero-order valence-electron chi connectivity index (χ0n) is 16.0. The van der Waals surface area contributed by atoms with E-state index in [-0.39, 0.29) is 17.4 Å². The molecule has 2 aliphatic rings. The first-order valence-electron chi connectivity index (χ1n) is 9.51. The molecule has 2 heterocycles. The molecular weight excluding hydrogens is 330 g/mol. The quantitative estimate of drug-likeness (QED) is 0.729. The highest BCUT2D eigenvalue weighted by atomic mass is 16.5. The molecule has 0 saturated carbocycles. The Labute approximate surface area is 155 Å². The van der Waals surface area contributed by atoms with Gasteiger partial charge in [0.1, 0.15) is 5.75 Å². The van der Waals surface area contributed by atoms with Crippen molar-refractivity contribution in [2.75, 3.05) is 20.3 Å². The van der Waals surface area contributed by atoms with Gasteiger partial charge in [0.05, 0.1) is 12.7 Å². The van der Waals surface area contributed by atoms with Crippen molar-refractivity contribution in [2.45, 2.75) is 57.5 Å². The fourth-order valence-electron chi connectivity index (χ4n) is 4.29. The zero-order chi connectivity index (χ0) is 18.7. The van der Waals surface area contributed by atoms with Gasteiger partial charge in [0.2, 0.25) is 11.8 Å². The van der Waals surface area contributed by atoms with Crippen LogP contribution in [-0.2, 0) is 14.3 Å². The number of ether oxygens (including phenoxy) is 2. The predicted octanol–water partition coefficient (Wildman–Crippen LogP) is 3.52. The third kappa shape index (κ3) is 4.26. The van der Waals surface area contributed by atoms with E-state index in [2.05, 4.69) is 26.0 Å². The fraction of sp³-hybridized carbons (Fsp3) is 0.619. The average molecular weight is 359 g/mol. The van der Waals surface area contributed by atoms with Gasteiger partial charge in [0, 0.05) is 26.0 Å². The van der Waals surface area contributed by atoms with E-state index < -0.39 is 0 Å². The number of amides is 2. The first kappa shape index (κ1) is 18.9. The van der Waals surface area contributed by atoms with Gasteiger partial charge < -0.3 is 9.47 Å². The largest absolute Gasteiger partial charge is 0.497 e. The van der Waals surface area contributed by atoms with Crippen molar-refractivity contribution in [1.29, 1.82) is 0 Å². The maximum atomic E-state index is 12.0. The minimum atomic E-state index is -0.132. The lowest BCUT2D eigenvalue weighted by atomic mass is 9.75. The summed E-state index contributed by atoms with van der Waals surface area (Å²) in [5, 5.41) is 0. The maximum absolute atomic E-state index is 12.0. The van der Waals surface area contributed by atoms with Crippen LogP contribution in [0.3, 0.4) is 0 Å². The zero-order valence-corrected chi connectivity index (χ0v) is 16.0. The molecule has 3 rings (SSSR count). The normalized spacial score (nSPS) is 24.0. The summed E-state index contributed by atoms with van der Waals surface area (Å²) < 4.78 is 11.2. The molecule has 2 fully saturated rings. The number of hydrogen-bond acceptors (Lipinski definition) is 4. The lowest BCUT2D eigenvalue weighted by Crippen LogP contribution is -2.37. The summed E-state index contributed by atoms with van der Waals surface area (Å²) in [4.78, 5) is 25.4. The highest BCUT2D eigenvalue weighted by molar-refractivity contribution is 6.01. The van der Waals surface area contributed by atoms with Gasteiger partial charge in [-0.2, -0.15) is 0 Å². The Morgan fingerprint density at radius 2 is 1.85 bits per heavy atom. The SMILES string of the molecule is COc1ccc([C@@H](CCN2C(=O)CCC2=O)[C@H]2CCOC(C)(C)C2)cc1. The summed E-state index contributed by atoms with van der Waals surface area (Å²) in [5.74, 6) is 1.54. The first-order chi connectivity index (χ1) is 12.4. The standard InChI is InChI=1S/C21H29NO4/c1-21(2)14-16(11-13-26-21)18(15-4-6-17(25-3)7-5-15)10-12-22-19(23)8-9-20(22)24/h4-7,16,18H,8-14H2,1-3H3/t16-,18+/m0/s1. The second kappa shape index (κ2) is 7.78. The van der Waals surface area contributed by atoms with E-state index in [0.717, 1.165) is 31.6 Å². The minimum absolute atomic E-state index is 0.0317. The van der Waals surface area contributed by atoms with Gasteiger partial charge in [-0.1, -0.05) is 12.1 Å². The van der Waals surface area contributed by atoms with Gasteiger partial charge >= 0.3 is 0 Å². The van der Waals surface area contributed by atoms with Crippen molar-refractivity contribution in [1.82, 2.24) is 4.90 Å². The van der Waals surface area contributed by atoms with Crippen molar-refractivity contribution in [3.63, 3.8) is 0 Å². The summed E-state index contributed by atoms with van der Waals surface area (Å²) in [6, 6.07) is 8.19. The molecule has 5 heteroatoms. The number of methoxy groups -OCH3 is 1. The van der Waals surface area contributed by atoms with Crippen LogP contribution in [0.25, 0.3) is 0 Å². The second-order valence-electron chi connectivity index (χ2n) is 7.97. The third-order valence-electron chi connectivity index (χ3n) is 5.67. The summed E-state index contributed by atoms with van der Waals surface area (Å²) in [6.45, 7) is 5.54. The van der Waals surface area contributed by atoms with Gasteiger partial charge in [-0.15, -0.1) is 0 Å². The van der Waals surface area contributed by atoms with Crippen LogP contribution in [0.15, 0.2) is 24.3 Å². The van der Waals surface area contributed by atoms with E-state index in [9.17, 15) is 9.59 Å². The first-order valence-corrected chi connectivity index (χ1v) is 9.51. The lowest BCUT2D eigenvalue weighted by Gasteiger charge is -2.40. The Balaban J connectivity index is 1.78. The molecule has 1 aromatic rings. The molecule has 0 unspecified atom stereocenters. The van der Waals surface area contributed by atoms with Gasteiger partial charge in [-0.3, -0.25) is 14.5 Å². The van der Waals surface area contributed by atoms with Crippen LogP contribution in [0.1, 0.15) is 57.4 Å². The number of likely N-dealkylation sites (tertiary alicyclic amines) is 1. The van der Waals surface area contributed by atoms with E-state index in [4.69, 9.17) is 9.47 Å². The number of benzene rings is 1. The van der Waals surface area contributed by atoms with Crippen LogP contribution < -0.4 is 4.74 Å². The summed E-state index contributed by atoms with van der Waals surface area (Å²) in [5.41, 5.74) is 1.11. The molecule has 0 bridgehead atoms. The lowest BCUT2D eigenvalue weighted by molar-refractivity contribution is -0.138. The van der Waals surface area contributed by atoms with Gasteiger partial charge in [-0.05, 0) is 62.6 Å². The molecule has 5 nitrogen and oxygen atoms in total. The Bertz CT molecular complexity index is 636. The van der Waals surface area contributed by atoms with E-state index in [1.165, 1.54) is 10.5 Å². The van der Waals surface area contributed by atoms with Crippen LogP contribution in [0.2, 0.25) is 0 Å². The molecule has 0 spiro atoms. The Hall–Kier alpha value is -1.88. The molecule has 2 atom stereocenters. The van der Waals surface area contributed by atoms with E-state index in [1.807, 2.05) is 12.1 Å². The molecule has 0 aliphatic carbocycles. The molecular formula is C21H29NO4. The molecule has 0 aromatic heterocycles. The summed E-state index contributed by atoms with van der Waals surface area (Å²) >= 11 is 0. The van der Waals surface area contributed by atoms with Gasteiger partial charge in [0.25, 0.3) is 0 Å². The highest BCUT2D eigenvalue weighted by Crippen LogP contribution is 2.40. The van der Waals surface area contributed by atoms with Crippen LogP contribution in [0.5, 0.6) is 5.75 Å². The number of hydrogen-bond donors (Lipinski definition) is 0. The van der Waals surface area contributed by atoms with Crippen LogP contribution in [0.4, 0.5) is 0 Å². The monoisotopic (exact) mass is 359 g/mol. The number of imide groups is 1. The van der Waals surface area contributed by atoms with Gasteiger partial charge in [0.15, 0.2) is 0 Å². The maximum Gasteiger partial charge on any atom is 0.229 e. The highest BCUT2D eigenvalue weighted by Gasteiger charge is 2.35.